The number of carbonyl (C=O) groups is 1. The zero-order chi connectivity index (χ0) is 15.8. The van der Waals surface area contributed by atoms with Gasteiger partial charge in [0.05, 0.1) is 6.61 Å². The maximum atomic E-state index is 12.8. The number of aliphatic hydroxyl groups is 1. The molecule has 0 aliphatic heterocycles. The molecule has 2 rings (SSSR count). The summed E-state index contributed by atoms with van der Waals surface area (Å²) in [5.74, 6) is -0.0796. The highest BCUT2D eigenvalue weighted by Crippen LogP contribution is 2.55. The van der Waals surface area contributed by atoms with Crippen molar-refractivity contribution in [3.63, 3.8) is 0 Å². The Morgan fingerprint density at radius 2 is 1.95 bits per heavy atom. The van der Waals surface area contributed by atoms with Crippen molar-refractivity contribution in [2.24, 2.45) is 23.7 Å². The van der Waals surface area contributed by atoms with Gasteiger partial charge in [0.25, 0.3) is 0 Å². The third-order valence-electron chi connectivity index (χ3n) is 4.97. The molecule has 2 aliphatic carbocycles. The van der Waals surface area contributed by atoms with Crippen LogP contribution in [0.1, 0.15) is 32.6 Å². The molecule has 0 amide bonds. The first kappa shape index (κ1) is 16.3. The standard InChI is InChI=1S/C15H21F3O3/c1-3-13(19)21-8-11-5-9-4-10(12(11)6-9)7-14(2,20)15(16,17)18/h3,9-12,20H,1,4-8H2,2H3. The molecule has 0 aromatic carbocycles. The molecule has 5 unspecified atom stereocenters. The lowest BCUT2D eigenvalue weighted by Gasteiger charge is -2.35. The van der Waals surface area contributed by atoms with E-state index in [0.717, 1.165) is 32.3 Å². The van der Waals surface area contributed by atoms with Crippen LogP contribution >= 0.6 is 0 Å². The summed E-state index contributed by atoms with van der Waals surface area (Å²) in [6.45, 7) is 4.38. The minimum atomic E-state index is -4.61. The van der Waals surface area contributed by atoms with E-state index >= 15 is 0 Å². The van der Waals surface area contributed by atoms with E-state index in [1.165, 1.54) is 0 Å². The molecule has 6 heteroatoms. The Labute approximate surface area is 122 Å². The van der Waals surface area contributed by atoms with Crippen LogP contribution < -0.4 is 0 Å². The second kappa shape index (κ2) is 5.63. The van der Waals surface area contributed by atoms with E-state index < -0.39 is 17.7 Å². The summed E-state index contributed by atoms with van der Waals surface area (Å²) in [5, 5.41) is 9.66. The predicted octanol–water partition coefficient (Wildman–Crippen LogP) is 3.08. The first-order valence-corrected chi connectivity index (χ1v) is 7.22. The maximum absolute atomic E-state index is 12.8. The summed E-state index contributed by atoms with van der Waals surface area (Å²) < 4.78 is 43.4. The molecule has 0 radical (unpaired) electrons. The lowest BCUT2D eigenvalue weighted by atomic mass is 9.76. The molecular formula is C15H21F3O3. The number of ether oxygens (including phenoxy) is 1. The normalized spacial score (nSPS) is 34.5. The maximum Gasteiger partial charge on any atom is 0.416 e. The molecule has 3 nitrogen and oxygen atoms in total. The van der Waals surface area contributed by atoms with E-state index in [0.29, 0.717) is 5.92 Å². The number of carbonyl (C=O) groups excluding carboxylic acids is 1. The van der Waals surface area contributed by atoms with Crippen LogP contribution in [-0.4, -0.2) is 29.5 Å². The lowest BCUT2D eigenvalue weighted by Crippen LogP contribution is -2.45. The van der Waals surface area contributed by atoms with E-state index in [1.54, 1.807) is 0 Å². The van der Waals surface area contributed by atoms with Crippen LogP contribution in [0.5, 0.6) is 0 Å². The van der Waals surface area contributed by atoms with Crippen molar-refractivity contribution in [3.8, 4) is 0 Å². The van der Waals surface area contributed by atoms with Crippen LogP contribution in [0.25, 0.3) is 0 Å². The second-order valence-corrected chi connectivity index (χ2v) is 6.57. The highest BCUT2D eigenvalue weighted by molar-refractivity contribution is 5.81. The van der Waals surface area contributed by atoms with E-state index in [-0.39, 0.29) is 30.8 Å². The smallest absolute Gasteiger partial charge is 0.416 e. The van der Waals surface area contributed by atoms with E-state index in [2.05, 4.69) is 6.58 Å². The van der Waals surface area contributed by atoms with E-state index in [1.807, 2.05) is 0 Å². The molecule has 0 aromatic heterocycles. The average Bonchev–Trinajstić information content (AvgIpc) is 2.93. The molecular weight excluding hydrogens is 285 g/mol. The molecule has 2 bridgehead atoms. The Balaban J connectivity index is 1.95. The molecule has 21 heavy (non-hydrogen) atoms. The fraction of sp³-hybridized carbons (Fsp3) is 0.800. The van der Waals surface area contributed by atoms with Crippen molar-refractivity contribution in [1.29, 1.82) is 0 Å². The molecule has 1 N–H and O–H groups in total. The fourth-order valence-corrected chi connectivity index (χ4v) is 3.95. The topological polar surface area (TPSA) is 46.5 Å². The first-order chi connectivity index (χ1) is 9.64. The molecule has 0 saturated heterocycles. The van der Waals surface area contributed by atoms with Gasteiger partial charge in [0.15, 0.2) is 5.60 Å². The van der Waals surface area contributed by atoms with Gasteiger partial charge in [0, 0.05) is 6.08 Å². The Morgan fingerprint density at radius 3 is 2.48 bits per heavy atom. The molecule has 120 valence electrons. The van der Waals surface area contributed by atoms with Crippen molar-refractivity contribution in [1.82, 2.24) is 0 Å². The predicted molar refractivity (Wildman–Crippen MR) is 70.3 cm³/mol. The molecule has 5 atom stereocenters. The van der Waals surface area contributed by atoms with Crippen LogP contribution in [0.4, 0.5) is 13.2 Å². The number of esters is 1. The Kier molecular flexibility index (Phi) is 4.38. The number of alkyl halides is 3. The van der Waals surface area contributed by atoms with Crippen molar-refractivity contribution >= 4 is 5.97 Å². The lowest BCUT2D eigenvalue weighted by molar-refractivity contribution is -0.260. The van der Waals surface area contributed by atoms with Gasteiger partial charge in [0.2, 0.25) is 0 Å². The summed E-state index contributed by atoms with van der Waals surface area (Å²) in [6.07, 6.45) is -1.32. The number of fused-ring (bicyclic) bond motifs is 2. The van der Waals surface area contributed by atoms with Crippen molar-refractivity contribution < 1.29 is 27.8 Å². The summed E-state index contributed by atoms with van der Waals surface area (Å²) in [4.78, 5) is 11.1. The molecule has 0 heterocycles. The molecule has 0 spiro atoms. The summed E-state index contributed by atoms with van der Waals surface area (Å²) in [5.41, 5.74) is -2.65. The average molecular weight is 306 g/mol. The van der Waals surface area contributed by atoms with Gasteiger partial charge >= 0.3 is 12.1 Å². The molecule has 0 aromatic rings. The molecule has 2 aliphatic rings. The first-order valence-electron chi connectivity index (χ1n) is 7.22. The minimum absolute atomic E-state index is 0.0986. The minimum Gasteiger partial charge on any atom is -0.462 e. The van der Waals surface area contributed by atoms with Crippen molar-refractivity contribution in [3.05, 3.63) is 12.7 Å². The zero-order valence-electron chi connectivity index (χ0n) is 12.0. The number of hydrogen-bond acceptors (Lipinski definition) is 3. The highest BCUT2D eigenvalue weighted by Gasteiger charge is 2.55. The zero-order valence-corrected chi connectivity index (χ0v) is 12.0. The third-order valence-corrected chi connectivity index (χ3v) is 4.97. The van der Waals surface area contributed by atoms with Gasteiger partial charge < -0.3 is 9.84 Å². The van der Waals surface area contributed by atoms with Crippen LogP contribution in [0.3, 0.4) is 0 Å². The van der Waals surface area contributed by atoms with Crippen LogP contribution in [0.2, 0.25) is 0 Å². The second-order valence-electron chi connectivity index (χ2n) is 6.57. The Hall–Kier alpha value is -1.04. The van der Waals surface area contributed by atoms with Gasteiger partial charge in [-0.25, -0.2) is 4.79 Å². The van der Waals surface area contributed by atoms with Gasteiger partial charge in [0.1, 0.15) is 0 Å². The Bertz CT molecular complexity index is 417. The summed E-state index contributed by atoms with van der Waals surface area (Å²) in [7, 11) is 0. The summed E-state index contributed by atoms with van der Waals surface area (Å²) in [6, 6.07) is 0. The molecule has 2 fully saturated rings. The van der Waals surface area contributed by atoms with Gasteiger partial charge in [-0.2, -0.15) is 13.2 Å². The van der Waals surface area contributed by atoms with Crippen molar-refractivity contribution in [2.75, 3.05) is 6.61 Å². The monoisotopic (exact) mass is 306 g/mol. The van der Waals surface area contributed by atoms with E-state index in [9.17, 15) is 23.1 Å². The third kappa shape index (κ3) is 3.42. The van der Waals surface area contributed by atoms with Crippen LogP contribution in [-0.2, 0) is 9.53 Å². The van der Waals surface area contributed by atoms with Gasteiger partial charge in [-0.15, -0.1) is 0 Å². The summed E-state index contributed by atoms with van der Waals surface area (Å²) >= 11 is 0. The van der Waals surface area contributed by atoms with Gasteiger partial charge in [-0.05, 0) is 56.3 Å². The van der Waals surface area contributed by atoms with E-state index in [4.69, 9.17) is 4.74 Å². The quantitative estimate of drug-likeness (QED) is 0.627. The van der Waals surface area contributed by atoms with Crippen LogP contribution in [0.15, 0.2) is 12.7 Å². The fourth-order valence-electron chi connectivity index (χ4n) is 3.95. The Morgan fingerprint density at radius 1 is 1.33 bits per heavy atom. The number of rotatable bonds is 5. The number of hydrogen-bond donors (Lipinski definition) is 1. The SMILES string of the molecule is C=CC(=O)OCC1CC2CC(CC(C)(O)C(F)(F)F)C1C2. The highest BCUT2D eigenvalue weighted by atomic mass is 19.4. The van der Waals surface area contributed by atoms with Crippen LogP contribution in [0, 0.1) is 23.7 Å². The van der Waals surface area contributed by atoms with Crippen molar-refractivity contribution in [2.45, 2.75) is 44.4 Å². The number of halogens is 3. The largest absolute Gasteiger partial charge is 0.462 e. The van der Waals surface area contributed by atoms with Gasteiger partial charge in [-0.3, -0.25) is 0 Å². The van der Waals surface area contributed by atoms with Gasteiger partial charge in [-0.1, -0.05) is 6.58 Å². The molecule has 2 saturated carbocycles.